The lowest BCUT2D eigenvalue weighted by molar-refractivity contribution is 0.0488. The quantitative estimate of drug-likeness (QED) is 0.713. The van der Waals surface area contributed by atoms with E-state index in [0.717, 1.165) is 33.9 Å². The molecule has 24 heavy (non-hydrogen) atoms. The topological polar surface area (TPSA) is 47.1 Å². The Hall–Kier alpha value is -2.49. The summed E-state index contributed by atoms with van der Waals surface area (Å²) in [7, 11) is 0. The molecule has 4 heteroatoms. The van der Waals surface area contributed by atoms with E-state index < -0.39 is 6.29 Å². The minimum atomic E-state index is -0.405. The Bertz CT molecular complexity index is 896. The maximum Gasteiger partial charge on any atom is 0.268 e. The van der Waals surface area contributed by atoms with Crippen LogP contribution in [-0.2, 0) is 0 Å². The summed E-state index contributed by atoms with van der Waals surface area (Å²) in [6.45, 7) is 8.61. The van der Waals surface area contributed by atoms with E-state index in [1.54, 1.807) is 0 Å². The maximum atomic E-state index is 6.03. The van der Waals surface area contributed by atoms with Crippen LogP contribution in [0.1, 0.15) is 62.8 Å². The van der Waals surface area contributed by atoms with Crippen LogP contribution in [0, 0.1) is 0 Å². The number of nitrogens with one attached hydrogen (secondary N) is 1. The van der Waals surface area contributed by atoms with Gasteiger partial charge < -0.3 is 14.5 Å². The highest BCUT2D eigenvalue weighted by Crippen LogP contribution is 2.42. The van der Waals surface area contributed by atoms with E-state index in [9.17, 15) is 0 Å². The van der Waals surface area contributed by atoms with Crippen molar-refractivity contribution < 1.29 is 9.47 Å². The Labute approximate surface area is 141 Å². The second-order valence-corrected chi connectivity index (χ2v) is 6.98. The number of ether oxygens (including phenoxy) is 2. The van der Waals surface area contributed by atoms with Gasteiger partial charge in [-0.25, -0.2) is 4.98 Å². The van der Waals surface area contributed by atoms with E-state index in [-0.39, 0.29) is 0 Å². The molecule has 0 amide bonds. The standard InChI is InChI=1S/C20H22N2O2/c1-11(2)13-6-8-17-18(10-13)24-20(23-17)14-5-7-15-16(9-14)22-19(21-15)12(3)4/h5-12,20H,1-4H3,(H,21,22). The van der Waals surface area contributed by atoms with Gasteiger partial charge in [-0.3, -0.25) is 0 Å². The van der Waals surface area contributed by atoms with E-state index in [2.05, 4.69) is 55.9 Å². The molecule has 1 aliphatic heterocycles. The highest BCUT2D eigenvalue weighted by atomic mass is 16.7. The number of imidazole rings is 1. The van der Waals surface area contributed by atoms with E-state index in [1.165, 1.54) is 5.56 Å². The molecule has 0 bridgehead atoms. The molecule has 1 aliphatic rings. The molecule has 0 saturated heterocycles. The third kappa shape index (κ3) is 2.52. The fourth-order valence-corrected chi connectivity index (χ4v) is 2.93. The van der Waals surface area contributed by atoms with Crippen molar-refractivity contribution in [3.05, 3.63) is 53.3 Å². The van der Waals surface area contributed by atoms with E-state index >= 15 is 0 Å². The summed E-state index contributed by atoms with van der Waals surface area (Å²) in [6, 6.07) is 12.3. The molecule has 4 nitrogen and oxygen atoms in total. The predicted molar refractivity (Wildman–Crippen MR) is 94.7 cm³/mol. The Balaban J connectivity index is 1.64. The predicted octanol–water partition coefficient (Wildman–Crippen LogP) is 5.28. The van der Waals surface area contributed by atoms with Gasteiger partial charge in [-0.2, -0.15) is 0 Å². The van der Waals surface area contributed by atoms with Gasteiger partial charge in [0, 0.05) is 11.5 Å². The molecule has 1 atom stereocenters. The van der Waals surface area contributed by atoms with Gasteiger partial charge in [-0.05, 0) is 41.8 Å². The number of hydrogen-bond donors (Lipinski definition) is 1. The average molecular weight is 322 g/mol. The molecule has 124 valence electrons. The number of H-pyrrole nitrogens is 1. The molecule has 0 aliphatic carbocycles. The first-order chi connectivity index (χ1) is 11.5. The van der Waals surface area contributed by atoms with Gasteiger partial charge in [0.2, 0.25) is 0 Å². The minimum absolute atomic E-state index is 0.374. The first-order valence-electron chi connectivity index (χ1n) is 8.48. The van der Waals surface area contributed by atoms with Crippen LogP contribution in [-0.4, -0.2) is 9.97 Å². The van der Waals surface area contributed by atoms with Gasteiger partial charge in [-0.15, -0.1) is 0 Å². The van der Waals surface area contributed by atoms with Gasteiger partial charge in [0.05, 0.1) is 11.0 Å². The number of aromatic nitrogens is 2. The number of benzene rings is 2. The highest BCUT2D eigenvalue weighted by Gasteiger charge is 2.26. The lowest BCUT2D eigenvalue weighted by Gasteiger charge is -2.10. The molecule has 1 N–H and O–H groups in total. The molecule has 0 radical (unpaired) electrons. The second-order valence-electron chi connectivity index (χ2n) is 6.98. The Kier molecular flexibility index (Phi) is 3.48. The van der Waals surface area contributed by atoms with Crippen LogP contribution in [0.4, 0.5) is 0 Å². The third-order valence-corrected chi connectivity index (χ3v) is 4.45. The van der Waals surface area contributed by atoms with Gasteiger partial charge in [-0.1, -0.05) is 33.8 Å². The Morgan fingerprint density at radius 3 is 2.46 bits per heavy atom. The van der Waals surface area contributed by atoms with Crippen molar-refractivity contribution in [2.24, 2.45) is 0 Å². The molecule has 2 aromatic carbocycles. The molecule has 0 fully saturated rings. The molecular formula is C20H22N2O2. The van der Waals surface area contributed by atoms with Crippen molar-refractivity contribution in [2.75, 3.05) is 0 Å². The van der Waals surface area contributed by atoms with Crippen molar-refractivity contribution in [3.8, 4) is 11.5 Å². The van der Waals surface area contributed by atoms with Crippen molar-refractivity contribution in [1.29, 1.82) is 0 Å². The lowest BCUT2D eigenvalue weighted by atomic mass is 10.0. The summed E-state index contributed by atoms with van der Waals surface area (Å²) in [5.74, 6) is 3.46. The van der Waals surface area contributed by atoms with Gasteiger partial charge in [0.1, 0.15) is 5.82 Å². The third-order valence-electron chi connectivity index (χ3n) is 4.45. The second kappa shape index (κ2) is 5.55. The summed E-state index contributed by atoms with van der Waals surface area (Å²) in [6.07, 6.45) is -0.405. The van der Waals surface area contributed by atoms with Crippen molar-refractivity contribution in [3.63, 3.8) is 0 Å². The lowest BCUT2D eigenvalue weighted by Crippen LogP contribution is -2.07. The number of rotatable bonds is 3. The van der Waals surface area contributed by atoms with Crippen molar-refractivity contribution in [2.45, 2.75) is 45.8 Å². The van der Waals surface area contributed by atoms with Crippen molar-refractivity contribution in [1.82, 2.24) is 9.97 Å². The first kappa shape index (κ1) is 15.1. The summed E-state index contributed by atoms with van der Waals surface area (Å²) in [4.78, 5) is 8.00. The zero-order chi connectivity index (χ0) is 16.8. The highest BCUT2D eigenvalue weighted by molar-refractivity contribution is 5.76. The van der Waals surface area contributed by atoms with Gasteiger partial charge in [0.25, 0.3) is 6.29 Å². The fourth-order valence-electron chi connectivity index (χ4n) is 2.93. The van der Waals surface area contributed by atoms with E-state index in [4.69, 9.17) is 9.47 Å². The van der Waals surface area contributed by atoms with Gasteiger partial charge >= 0.3 is 0 Å². The fraction of sp³-hybridized carbons (Fsp3) is 0.350. The molecule has 4 rings (SSSR count). The first-order valence-corrected chi connectivity index (χ1v) is 8.48. The monoisotopic (exact) mass is 322 g/mol. The van der Waals surface area contributed by atoms with Crippen molar-refractivity contribution >= 4 is 11.0 Å². The molecule has 2 heterocycles. The van der Waals surface area contributed by atoms with Crippen LogP contribution in [0.25, 0.3) is 11.0 Å². The number of hydrogen-bond acceptors (Lipinski definition) is 3. The normalized spacial score (nSPS) is 16.5. The number of nitrogens with zero attached hydrogens (tertiary/aromatic N) is 1. The zero-order valence-electron chi connectivity index (χ0n) is 14.5. The molecule has 3 aromatic rings. The van der Waals surface area contributed by atoms with Crippen LogP contribution in [0.3, 0.4) is 0 Å². The van der Waals surface area contributed by atoms with E-state index in [1.807, 2.05) is 18.2 Å². The Morgan fingerprint density at radius 1 is 0.917 bits per heavy atom. The molecule has 1 aromatic heterocycles. The molecule has 1 unspecified atom stereocenters. The number of fused-ring (bicyclic) bond motifs is 2. The average Bonchev–Trinajstić information content (AvgIpc) is 3.17. The van der Waals surface area contributed by atoms with Crippen LogP contribution < -0.4 is 9.47 Å². The Morgan fingerprint density at radius 2 is 1.71 bits per heavy atom. The van der Waals surface area contributed by atoms with Crippen LogP contribution in [0.5, 0.6) is 11.5 Å². The smallest absolute Gasteiger partial charge is 0.268 e. The molecule has 0 saturated carbocycles. The van der Waals surface area contributed by atoms with Crippen LogP contribution in [0.15, 0.2) is 36.4 Å². The van der Waals surface area contributed by atoms with Crippen LogP contribution >= 0.6 is 0 Å². The number of aromatic amines is 1. The SMILES string of the molecule is CC(C)c1ccc2c(c1)OC(c1ccc3nc(C(C)C)[nH]c3c1)O2. The molecular weight excluding hydrogens is 300 g/mol. The zero-order valence-corrected chi connectivity index (χ0v) is 14.5. The largest absolute Gasteiger partial charge is 0.447 e. The molecule has 0 spiro atoms. The van der Waals surface area contributed by atoms with Crippen LogP contribution in [0.2, 0.25) is 0 Å². The minimum Gasteiger partial charge on any atom is -0.447 e. The van der Waals surface area contributed by atoms with E-state index in [0.29, 0.717) is 11.8 Å². The summed E-state index contributed by atoms with van der Waals surface area (Å²) >= 11 is 0. The summed E-state index contributed by atoms with van der Waals surface area (Å²) < 4.78 is 12.0. The summed E-state index contributed by atoms with van der Waals surface area (Å²) in [5.41, 5.74) is 4.23. The van der Waals surface area contributed by atoms with Gasteiger partial charge in [0.15, 0.2) is 11.5 Å². The summed E-state index contributed by atoms with van der Waals surface area (Å²) in [5, 5.41) is 0. The maximum absolute atomic E-state index is 6.03.